The van der Waals surface area contributed by atoms with Crippen LogP contribution in [0.15, 0.2) is 39.8 Å². The van der Waals surface area contributed by atoms with E-state index in [2.05, 4.69) is 30.1 Å². The molecule has 4 rings (SSSR count). The molecular weight excluding hydrogens is 456 g/mol. The van der Waals surface area contributed by atoms with Crippen molar-refractivity contribution in [2.75, 3.05) is 28.0 Å². The van der Waals surface area contributed by atoms with Crippen LogP contribution < -0.4 is 14.9 Å². The first-order valence-electron chi connectivity index (χ1n) is 11.1. The third-order valence-electron chi connectivity index (χ3n) is 5.94. The van der Waals surface area contributed by atoms with E-state index < -0.39 is 10.0 Å². The Bertz CT molecular complexity index is 1280. The van der Waals surface area contributed by atoms with E-state index in [4.69, 9.17) is 4.52 Å². The summed E-state index contributed by atoms with van der Waals surface area (Å²) < 4.78 is 32.7. The average Bonchev–Trinajstić information content (AvgIpc) is 3.10. The maximum Gasteiger partial charge on any atom is 0.264 e. The fraction of sp³-hybridized carbons (Fsp3) is 0.391. The van der Waals surface area contributed by atoms with Crippen molar-refractivity contribution >= 4 is 33.5 Å². The molecule has 1 aliphatic rings. The number of benzene rings is 1. The lowest BCUT2D eigenvalue weighted by atomic mass is 9.96. The molecule has 3 aromatic rings. The number of nitrogens with one attached hydrogen (secondary N) is 2. The van der Waals surface area contributed by atoms with E-state index in [1.54, 1.807) is 26.0 Å². The Balaban J connectivity index is 1.34. The van der Waals surface area contributed by atoms with Crippen LogP contribution in [0, 0.1) is 33.6 Å². The Hall–Kier alpha value is -3.47. The fourth-order valence-corrected chi connectivity index (χ4v) is 4.89. The number of piperidine rings is 1. The summed E-state index contributed by atoms with van der Waals surface area (Å²) in [6, 6.07) is 7.96. The van der Waals surface area contributed by atoms with E-state index in [9.17, 15) is 13.2 Å². The second kappa shape index (κ2) is 9.41. The molecule has 1 aliphatic heterocycles. The summed E-state index contributed by atoms with van der Waals surface area (Å²) in [5, 5.41) is 6.65. The lowest BCUT2D eigenvalue weighted by molar-refractivity contribution is -0.120. The van der Waals surface area contributed by atoms with Crippen LogP contribution in [0.1, 0.15) is 35.5 Å². The van der Waals surface area contributed by atoms with Gasteiger partial charge in [0.05, 0.1) is 10.6 Å². The number of carbonyl (C=O) groups excluding carboxylic acids is 1. The van der Waals surface area contributed by atoms with Crippen LogP contribution in [0.5, 0.6) is 0 Å². The van der Waals surface area contributed by atoms with E-state index >= 15 is 0 Å². The Morgan fingerprint density at radius 1 is 1.03 bits per heavy atom. The zero-order valence-electron chi connectivity index (χ0n) is 19.6. The van der Waals surface area contributed by atoms with Gasteiger partial charge in [0.25, 0.3) is 10.0 Å². The largest absolute Gasteiger partial charge is 0.341 e. The summed E-state index contributed by atoms with van der Waals surface area (Å²) >= 11 is 0. The molecule has 0 bridgehead atoms. The quantitative estimate of drug-likeness (QED) is 0.545. The molecule has 180 valence electrons. The molecule has 2 aromatic heterocycles. The van der Waals surface area contributed by atoms with E-state index in [1.165, 1.54) is 12.1 Å². The Kier molecular flexibility index (Phi) is 6.56. The maximum atomic E-state index is 12.8. The molecule has 1 aromatic carbocycles. The lowest BCUT2D eigenvalue weighted by Gasteiger charge is -2.31. The molecule has 3 heterocycles. The van der Waals surface area contributed by atoms with Gasteiger partial charge in [-0.3, -0.25) is 4.79 Å². The highest BCUT2D eigenvalue weighted by Crippen LogP contribution is 2.25. The molecule has 10 nitrogen and oxygen atoms in total. The van der Waals surface area contributed by atoms with Gasteiger partial charge in [0, 0.05) is 41.6 Å². The van der Waals surface area contributed by atoms with Gasteiger partial charge in [-0.1, -0.05) is 5.16 Å². The standard InChI is InChI=1S/C23H28N6O4S/c1-14-13-15(2)25-23(24-14)29-11-9-18(10-12-29)21(30)26-19-5-7-20(8-6-19)34(31,32)28-22-16(3)17(4)27-33-22/h5-8,13,18,28H,9-12H2,1-4H3,(H,26,30). The summed E-state index contributed by atoms with van der Waals surface area (Å²) in [5.74, 6) is 0.581. The molecule has 2 N–H and O–H groups in total. The predicted molar refractivity (Wildman–Crippen MR) is 128 cm³/mol. The molecule has 0 spiro atoms. The summed E-state index contributed by atoms with van der Waals surface area (Å²) in [7, 11) is -3.84. The van der Waals surface area contributed by atoms with Crippen LogP contribution in [0.25, 0.3) is 0 Å². The van der Waals surface area contributed by atoms with Gasteiger partial charge in [-0.2, -0.15) is 0 Å². The third kappa shape index (κ3) is 5.19. The molecule has 1 amide bonds. The number of sulfonamides is 1. The number of hydrogen-bond donors (Lipinski definition) is 2. The zero-order valence-corrected chi connectivity index (χ0v) is 20.4. The van der Waals surface area contributed by atoms with Crippen molar-refractivity contribution in [3.63, 3.8) is 0 Å². The van der Waals surface area contributed by atoms with Crippen molar-refractivity contribution in [2.45, 2.75) is 45.4 Å². The second-order valence-corrected chi connectivity index (χ2v) is 10.2. The zero-order chi connectivity index (χ0) is 24.5. The highest BCUT2D eigenvalue weighted by Gasteiger charge is 2.27. The SMILES string of the molecule is Cc1cc(C)nc(N2CCC(C(=O)Nc3ccc(S(=O)(=O)Nc4onc(C)c4C)cc3)CC2)n1. The summed E-state index contributed by atoms with van der Waals surface area (Å²) in [5.41, 5.74) is 3.63. The molecule has 0 radical (unpaired) electrons. The van der Waals surface area contributed by atoms with Crippen LogP contribution >= 0.6 is 0 Å². The van der Waals surface area contributed by atoms with Gasteiger partial charge >= 0.3 is 0 Å². The number of carbonyl (C=O) groups is 1. The fourth-order valence-electron chi connectivity index (χ4n) is 3.84. The third-order valence-corrected chi connectivity index (χ3v) is 7.28. The molecule has 34 heavy (non-hydrogen) atoms. The first-order valence-corrected chi connectivity index (χ1v) is 12.5. The van der Waals surface area contributed by atoms with Crippen LogP contribution in [0.3, 0.4) is 0 Å². The van der Waals surface area contributed by atoms with Gasteiger partial charge in [-0.05, 0) is 70.9 Å². The smallest absolute Gasteiger partial charge is 0.264 e. The molecule has 0 saturated carbocycles. The molecule has 11 heteroatoms. The maximum absolute atomic E-state index is 12.8. The number of anilines is 3. The van der Waals surface area contributed by atoms with Crippen LogP contribution in [-0.2, 0) is 14.8 Å². The van der Waals surface area contributed by atoms with E-state index in [1.807, 2.05) is 19.9 Å². The van der Waals surface area contributed by atoms with E-state index in [-0.39, 0.29) is 22.6 Å². The van der Waals surface area contributed by atoms with E-state index in [0.29, 0.717) is 48.8 Å². The number of aryl methyl sites for hydroxylation is 3. The Morgan fingerprint density at radius 2 is 1.65 bits per heavy atom. The van der Waals surface area contributed by atoms with Crippen LogP contribution in [0.4, 0.5) is 17.5 Å². The van der Waals surface area contributed by atoms with E-state index in [0.717, 1.165) is 11.4 Å². The lowest BCUT2D eigenvalue weighted by Crippen LogP contribution is -2.39. The van der Waals surface area contributed by atoms with Crippen LogP contribution in [0.2, 0.25) is 0 Å². The summed E-state index contributed by atoms with van der Waals surface area (Å²) in [6.45, 7) is 8.74. The van der Waals surface area contributed by atoms with Crippen molar-refractivity contribution in [1.82, 2.24) is 15.1 Å². The number of amides is 1. The van der Waals surface area contributed by atoms with Crippen molar-refractivity contribution in [2.24, 2.45) is 5.92 Å². The van der Waals surface area contributed by atoms with Gasteiger partial charge < -0.3 is 14.7 Å². The Morgan fingerprint density at radius 3 is 2.21 bits per heavy atom. The van der Waals surface area contributed by atoms with Crippen molar-refractivity contribution in [3.8, 4) is 0 Å². The molecular formula is C23H28N6O4S. The normalized spacial score (nSPS) is 14.8. The number of rotatable bonds is 6. The minimum atomic E-state index is -3.84. The van der Waals surface area contributed by atoms with Gasteiger partial charge in [-0.25, -0.2) is 23.1 Å². The summed E-state index contributed by atoms with van der Waals surface area (Å²) in [6.07, 6.45) is 1.38. The minimum absolute atomic E-state index is 0.0562. The van der Waals surface area contributed by atoms with Crippen molar-refractivity contribution < 1.29 is 17.7 Å². The van der Waals surface area contributed by atoms with Gasteiger partial charge in [0.1, 0.15) is 0 Å². The molecule has 0 atom stereocenters. The number of nitrogens with zero attached hydrogens (tertiary/aromatic N) is 4. The number of aromatic nitrogens is 3. The van der Waals surface area contributed by atoms with Crippen molar-refractivity contribution in [3.05, 3.63) is 53.0 Å². The number of hydrogen-bond acceptors (Lipinski definition) is 8. The summed E-state index contributed by atoms with van der Waals surface area (Å²) in [4.78, 5) is 23.9. The first kappa shape index (κ1) is 23.7. The second-order valence-electron chi connectivity index (χ2n) is 8.55. The minimum Gasteiger partial charge on any atom is -0.341 e. The molecule has 0 unspecified atom stereocenters. The molecule has 1 saturated heterocycles. The van der Waals surface area contributed by atoms with Gasteiger partial charge in [-0.15, -0.1) is 0 Å². The first-order chi connectivity index (χ1) is 16.1. The monoisotopic (exact) mass is 484 g/mol. The molecule has 0 aliphatic carbocycles. The highest BCUT2D eigenvalue weighted by molar-refractivity contribution is 7.92. The van der Waals surface area contributed by atoms with Crippen molar-refractivity contribution in [1.29, 1.82) is 0 Å². The topological polar surface area (TPSA) is 130 Å². The molecule has 1 fully saturated rings. The average molecular weight is 485 g/mol. The van der Waals surface area contributed by atoms with Crippen LogP contribution in [-0.4, -0.2) is 42.5 Å². The van der Waals surface area contributed by atoms with Gasteiger partial charge in [0.2, 0.25) is 17.7 Å². The predicted octanol–water partition coefficient (Wildman–Crippen LogP) is 3.35. The van der Waals surface area contributed by atoms with Gasteiger partial charge in [0.15, 0.2) is 0 Å². The Labute approximate surface area is 198 Å². The highest BCUT2D eigenvalue weighted by atomic mass is 32.2.